The van der Waals surface area contributed by atoms with Crippen molar-refractivity contribution in [3.8, 4) is 5.69 Å². The molecule has 0 saturated carbocycles. The van der Waals surface area contributed by atoms with Crippen LogP contribution in [0.2, 0.25) is 0 Å². The summed E-state index contributed by atoms with van der Waals surface area (Å²) in [5.74, 6) is 0. The van der Waals surface area contributed by atoms with Crippen molar-refractivity contribution >= 4 is 0 Å². The molecular formula is C12H7F6N. The third-order valence-electron chi connectivity index (χ3n) is 2.52. The molecule has 0 unspecified atom stereocenters. The molecule has 0 radical (unpaired) electrons. The van der Waals surface area contributed by atoms with Gasteiger partial charge in [0.05, 0.1) is 11.1 Å². The van der Waals surface area contributed by atoms with Crippen LogP contribution in [0.3, 0.4) is 0 Å². The van der Waals surface area contributed by atoms with Crippen LogP contribution in [0.5, 0.6) is 0 Å². The van der Waals surface area contributed by atoms with E-state index >= 15 is 0 Å². The average molecular weight is 279 g/mol. The predicted molar refractivity (Wildman–Crippen MR) is 55.8 cm³/mol. The lowest BCUT2D eigenvalue weighted by atomic mass is 10.1. The minimum absolute atomic E-state index is 0.0188. The molecule has 0 saturated heterocycles. The molecule has 19 heavy (non-hydrogen) atoms. The lowest BCUT2D eigenvalue weighted by Gasteiger charge is -2.16. The normalized spacial score (nSPS) is 12.7. The maximum absolute atomic E-state index is 12.7. The molecule has 2 aromatic rings. The van der Waals surface area contributed by atoms with Gasteiger partial charge in [-0.25, -0.2) is 0 Å². The highest BCUT2D eigenvalue weighted by Gasteiger charge is 2.43. The van der Waals surface area contributed by atoms with Crippen LogP contribution in [0.15, 0.2) is 42.7 Å². The zero-order valence-electron chi connectivity index (χ0n) is 9.26. The molecular weight excluding hydrogens is 272 g/mol. The number of hydrogen-bond acceptors (Lipinski definition) is 0. The smallest absolute Gasteiger partial charge is 0.324 e. The number of halogens is 6. The first-order valence-electron chi connectivity index (χ1n) is 5.11. The van der Waals surface area contributed by atoms with E-state index < -0.39 is 23.5 Å². The van der Waals surface area contributed by atoms with Gasteiger partial charge in [0.1, 0.15) is 0 Å². The molecule has 0 bridgehead atoms. The van der Waals surface area contributed by atoms with Gasteiger partial charge in [0.15, 0.2) is 0 Å². The van der Waals surface area contributed by atoms with E-state index in [1.165, 1.54) is 17.0 Å². The van der Waals surface area contributed by atoms with Crippen molar-refractivity contribution < 1.29 is 26.3 Å². The Kier molecular flexibility index (Phi) is 3.07. The highest BCUT2D eigenvalue weighted by molar-refractivity contribution is 5.43. The number of hydrogen-bond donors (Lipinski definition) is 0. The van der Waals surface area contributed by atoms with Crippen molar-refractivity contribution in [3.63, 3.8) is 0 Å². The summed E-state index contributed by atoms with van der Waals surface area (Å²) in [5.41, 5.74) is -3.35. The molecule has 1 nitrogen and oxygen atoms in total. The first-order valence-corrected chi connectivity index (χ1v) is 5.11. The van der Waals surface area contributed by atoms with Crippen molar-refractivity contribution in [2.75, 3.05) is 0 Å². The van der Waals surface area contributed by atoms with E-state index in [0.29, 0.717) is 12.1 Å². The van der Waals surface area contributed by atoms with Crippen molar-refractivity contribution in [3.05, 3.63) is 53.9 Å². The van der Waals surface area contributed by atoms with Gasteiger partial charge in [-0.3, -0.25) is 0 Å². The van der Waals surface area contributed by atoms with Gasteiger partial charge in [-0.05, 0) is 30.3 Å². The van der Waals surface area contributed by atoms with Gasteiger partial charge in [-0.15, -0.1) is 0 Å². The van der Waals surface area contributed by atoms with Crippen LogP contribution in [0.4, 0.5) is 26.3 Å². The van der Waals surface area contributed by atoms with E-state index in [9.17, 15) is 26.3 Å². The molecule has 2 rings (SSSR count). The van der Waals surface area contributed by atoms with E-state index in [0.717, 1.165) is 6.07 Å². The van der Waals surface area contributed by atoms with Crippen molar-refractivity contribution in [1.82, 2.24) is 4.57 Å². The number of aromatic nitrogens is 1. The van der Waals surface area contributed by atoms with Gasteiger partial charge in [-0.2, -0.15) is 26.3 Å². The Morgan fingerprint density at radius 1 is 0.737 bits per heavy atom. The summed E-state index contributed by atoms with van der Waals surface area (Å²) in [4.78, 5) is 0. The summed E-state index contributed by atoms with van der Waals surface area (Å²) < 4.78 is 77.0. The molecule has 0 fully saturated rings. The summed E-state index contributed by atoms with van der Waals surface area (Å²) in [5, 5.41) is 0. The fourth-order valence-corrected chi connectivity index (χ4v) is 1.68. The number of alkyl halides is 6. The lowest BCUT2D eigenvalue weighted by Crippen LogP contribution is -2.17. The highest BCUT2D eigenvalue weighted by atomic mass is 19.4. The Labute approximate surface area is 104 Å². The van der Waals surface area contributed by atoms with Gasteiger partial charge in [0.2, 0.25) is 0 Å². The molecule has 0 spiro atoms. The summed E-state index contributed by atoms with van der Waals surface area (Å²) in [6.45, 7) is 0. The lowest BCUT2D eigenvalue weighted by molar-refractivity contribution is -0.162. The maximum atomic E-state index is 12.7. The molecule has 1 aromatic carbocycles. The van der Waals surface area contributed by atoms with Crippen LogP contribution in [-0.2, 0) is 12.4 Å². The zero-order chi connectivity index (χ0) is 14.3. The molecule has 0 aliphatic heterocycles. The molecule has 1 heterocycles. The molecule has 0 amide bonds. The number of benzene rings is 1. The van der Waals surface area contributed by atoms with Crippen LogP contribution in [-0.4, -0.2) is 4.57 Å². The SMILES string of the molecule is FC(F)(F)c1ccc(-n2cccc2)cc1C(F)(F)F. The third-order valence-corrected chi connectivity index (χ3v) is 2.52. The minimum Gasteiger partial charge on any atom is -0.324 e. The van der Waals surface area contributed by atoms with Crippen LogP contribution < -0.4 is 0 Å². The summed E-state index contributed by atoms with van der Waals surface area (Å²) >= 11 is 0. The van der Waals surface area contributed by atoms with Crippen molar-refractivity contribution in [1.29, 1.82) is 0 Å². The Morgan fingerprint density at radius 2 is 1.26 bits per heavy atom. The number of rotatable bonds is 1. The fraction of sp³-hybridized carbons (Fsp3) is 0.167. The van der Waals surface area contributed by atoms with Gasteiger partial charge in [-0.1, -0.05) is 0 Å². The summed E-state index contributed by atoms with van der Waals surface area (Å²) in [6.07, 6.45) is -7.21. The van der Waals surface area contributed by atoms with Crippen LogP contribution in [0.1, 0.15) is 11.1 Å². The fourth-order valence-electron chi connectivity index (χ4n) is 1.68. The van der Waals surface area contributed by atoms with E-state index in [4.69, 9.17) is 0 Å². The molecule has 0 N–H and O–H groups in total. The molecule has 102 valence electrons. The van der Waals surface area contributed by atoms with Gasteiger partial charge < -0.3 is 4.57 Å². The van der Waals surface area contributed by atoms with Crippen LogP contribution in [0, 0.1) is 0 Å². The van der Waals surface area contributed by atoms with Crippen molar-refractivity contribution in [2.45, 2.75) is 12.4 Å². The van der Waals surface area contributed by atoms with E-state index in [1.807, 2.05) is 0 Å². The predicted octanol–water partition coefficient (Wildman–Crippen LogP) is 4.51. The quantitative estimate of drug-likeness (QED) is 0.677. The van der Waals surface area contributed by atoms with E-state index in [2.05, 4.69) is 0 Å². The monoisotopic (exact) mass is 279 g/mol. The zero-order valence-corrected chi connectivity index (χ0v) is 9.26. The first-order chi connectivity index (χ1) is 8.69. The Balaban J connectivity index is 2.61. The van der Waals surface area contributed by atoms with Gasteiger partial charge in [0, 0.05) is 18.1 Å². The standard InChI is InChI=1S/C12H7F6N/c13-11(14,15)9-4-3-8(19-5-1-2-6-19)7-10(9)12(16,17)18/h1-7H. The molecule has 1 aromatic heterocycles. The van der Waals surface area contributed by atoms with E-state index in [-0.39, 0.29) is 5.69 Å². The largest absolute Gasteiger partial charge is 0.417 e. The minimum atomic E-state index is -5.06. The second-order valence-corrected chi connectivity index (χ2v) is 3.82. The van der Waals surface area contributed by atoms with E-state index in [1.54, 1.807) is 12.1 Å². The second-order valence-electron chi connectivity index (χ2n) is 3.82. The molecule has 0 atom stereocenters. The molecule has 0 aliphatic rings. The Hall–Kier alpha value is -1.92. The summed E-state index contributed by atoms with van der Waals surface area (Å²) in [6, 6.07) is 5.05. The highest BCUT2D eigenvalue weighted by Crippen LogP contribution is 2.41. The van der Waals surface area contributed by atoms with Crippen LogP contribution >= 0.6 is 0 Å². The van der Waals surface area contributed by atoms with Gasteiger partial charge in [0.25, 0.3) is 0 Å². The number of nitrogens with zero attached hydrogens (tertiary/aromatic N) is 1. The van der Waals surface area contributed by atoms with Crippen LogP contribution in [0.25, 0.3) is 5.69 Å². The maximum Gasteiger partial charge on any atom is 0.417 e. The summed E-state index contributed by atoms with van der Waals surface area (Å²) in [7, 11) is 0. The average Bonchev–Trinajstić information content (AvgIpc) is 2.79. The topological polar surface area (TPSA) is 4.93 Å². The molecule has 0 aliphatic carbocycles. The molecule has 7 heteroatoms. The van der Waals surface area contributed by atoms with Crippen molar-refractivity contribution in [2.24, 2.45) is 0 Å². The van der Waals surface area contributed by atoms with Gasteiger partial charge >= 0.3 is 12.4 Å². The Morgan fingerprint density at radius 3 is 1.74 bits per heavy atom. The second kappa shape index (κ2) is 4.32. The Bertz CT molecular complexity index is 565. The first kappa shape index (κ1) is 13.5. The third kappa shape index (κ3) is 2.74.